The van der Waals surface area contributed by atoms with Gasteiger partial charge in [0.25, 0.3) is 0 Å². The predicted molar refractivity (Wildman–Crippen MR) is 106 cm³/mol. The summed E-state index contributed by atoms with van der Waals surface area (Å²) >= 11 is 0. The fraction of sp³-hybridized carbons (Fsp3) is 0.667. The fourth-order valence-electron chi connectivity index (χ4n) is 3.75. The second-order valence-electron chi connectivity index (χ2n) is 8.70. The Bertz CT molecular complexity index is 891. The van der Waals surface area contributed by atoms with Gasteiger partial charge < -0.3 is 14.3 Å². The van der Waals surface area contributed by atoms with E-state index in [9.17, 15) is 13.2 Å². The van der Waals surface area contributed by atoms with Crippen LogP contribution in [-0.2, 0) is 29.0 Å². The third-order valence-electron chi connectivity index (χ3n) is 5.92. The van der Waals surface area contributed by atoms with E-state index in [4.69, 9.17) is 19.1 Å². The average molecular weight is 456 g/mol. The van der Waals surface area contributed by atoms with Gasteiger partial charge in [0.2, 0.25) is 0 Å². The monoisotopic (exact) mass is 456 g/mol. The first-order valence-electron chi connectivity index (χ1n) is 10.9. The van der Waals surface area contributed by atoms with Crippen molar-refractivity contribution in [3.63, 3.8) is 0 Å². The number of aliphatic carboxylic acids is 1. The minimum atomic E-state index is -5.08. The van der Waals surface area contributed by atoms with Crippen molar-refractivity contribution >= 4 is 5.97 Å². The molecule has 176 valence electrons. The van der Waals surface area contributed by atoms with Gasteiger partial charge in [0.1, 0.15) is 5.69 Å². The molecule has 2 aromatic rings. The van der Waals surface area contributed by atoms with Crippen molar-refractivity contribution in [3.8, 4) is 0 Å². The lowest BCUT2D eigenvalue weighted by molar-refractivity contribution is -0.192. The highest BCUT2D eigenvalue weighted by Crippen LogP contribution is 2.35. The Morgan fingerprint density at radius 1 is 1.22 bits per heavy atom. The van der Waals surface area contributed by atoms with E-state index in [0.717, 1.165) is 50.2 Å². The van der Waals surface area contributed by atoms with Crippen LogP contribution in [0.5, 0.6) is 0 Å². The molecule has 1 unspecified atom stereocenters. The summed E-state index contributed by atoms with van der Waals surface area (Å²) in [6.45, 7) is 4.54. The molecule has 2 fully saturated rings. The van der Waals surface area contributed by atoms with E-state index < -0.39 is 12.1 Å². The van der Waals surface area contributed by atoms with E-state index in [0.29, 0.717) is 6.61 Å². The lowest BCUT2D eigenvalue weighted by Gasteiger charge is -2.34. The van der Waals surface area contributed by atoms with Gasteiger partial charge in [-0.25, -0.2) is 9.48 Å². The van der Waals surface area contributed by atoms with Crippen molar-refractivity contribution in [3.05, 3.63) is 35.5 Å². The number of furan rings is 1. The van der Waals surface area contributed by atoms with Gasteiger partial charge in [0.05, 0.1) is 30.9 Å². The zero-order valence-corrected chi connectivity index (χ0v) is 17.6. The number of ether oxygens (including phenoxy) is 1. The largest absolute Gasteiger partial charge is 0.490 e. The van der Waals surface area contributed by atoms with E-state index in [1.54, 1.807) is 6.26 Å². The Labute approximate surface area is 183 Å². The molecule has 0 aromatic carbocycles. The zero-order valence-electron chi connectivity index (χ0n) is 17.6. The highest BCUT2D eigenvalue weighted by atomic mass is 19.4. The van der Waals surface area contributed by atoms with Crippen molar-refractivity contribution in [2.75, 3.05) is 19.8 Å². The van der Waals surface area contributed by atoms with Crippen LogP contribution in [-0.4, -0.2) is 56.9 Å². The van der Waals surface area contributed by atoms with E-state index in [1.165, 1.54) is 36.9 Å². The van der Waals surface area contributed by atoms with Gasteiger partial charge in [-0.05, 0) is 43.6 Å². The zero-order chi connectivity index (χ0) is 22.7. The number of fused-ring (bicyclic) bond motifs is 1. The lowest BCUT2D eigenvalue weighted by atomic mass is 10.0. The van der Waals surface area contributed by atoms with Crippen LogP contribution in [0, 0.1) is 11.8 Å². The first kappa shape index (κ1) is 22.8. The molecule has 1 aliphatic heterocycles. The van der Waals surface area contributed by atoms with Crippen molar-refractivity contribution in [1.29, 1.82) is 0 Å². The maximum atomic E-state index is 10.6. The number of rotatable bonds is 8. The highest BCUT2D eigenvalue weighted by molar-refractivity contribution is 5.73. The fourth-order valence-corrected chi connectivity index (χ4v) is 3.75. The molecule has 3 aliphatic rings. The summed E-state index contributed by atoms with van der Waals surface area (Å²) in [5, 5.41) is 16.2. The summed E-state index contributed by atoms with van der Waals surface area (Å²) in [6.07, 6.45) is 4.85. The van der Waals surface area contributed by atoms with Crippen LogP contribution >= 0.6 is 0 Å². The molecule has 1 N–H and O–H groups in total. The van der Waals surface area contributed by atoms with E-state index in [1.807, 2.05) is 12.3 Å². The average Bonchev–Trinajstić information content (AvgIpc) is 3.64. The van der Waals surface area contributed by atoms with Crippen molar-refractivity contribution < 1.29 is 32.2 Å². The van der Waals surface area contributed by atoms with Crippen LogP contribution in [0.4, 0.5) is 13.2 Å². The number of alkyl halides is 3. The minimum absolute atomic E-state index is 0.199. The molecule has 3 heterocycles. The van der Waals surface area contributed by atoms with Gasteiger partial charge in [-0.1, -0.05) is 5.21 Å². The number of hydrogen-bond acceptors (Lipinski definition) is 6. The summed E-state index contributed by atoms with van der Waals surface area (Å²) in [5.74, 6) is -1.15. The van der Waals surface area contributed by atoms with E-state index in [2.05, 4.69) is 19.9 Å². The molecule has 5 rings (SSSR count). The third-order valence-corrected chi connectivity index (χ3v) is 5.92. The number of carboxylic acid groups (broad SMARTS) is 1. The Hall–Kier alpha value is -2.40. The maximum Gasteiger partial charge on any atom is 0.490 e. The molecule has 1 atom stereocenters. The first-order valence-corrected chi connectivity index (χ1v) is 10.9. The van der Waals surface area contributed by atoms with Crippen LogP contribution in [0.2, 0.25) is 0 Å². The van der Waals surface area contributed by atoms with Crippen LogP contribution < -0.4 is 0 Å². The number of hydrogen-bond donors (Lipinski definition) is 1. The molecule has 2 aromatic heterocycles. The third kappa shape index (κ3) is 6.10. The summed E-state index contributed by atoms with van der Waals surface area (Å²) in [7, 11) is 0. The molecule has 11 heteroatoms. The summed E-state index contributed by atoms with van der Waals surface area (Å²) in [6, 6.07) is 2.24. The molecular formula is C21H27F3N4O4. The Morgan fingerprint density at radius 2 is 1.94 bits per heavy atom. The van der Waals surface area contributed by atoms with Gasteiger partial charge in [-0.3, -0.25) is 4.90 Å². The predicted octanol–water partition coefficient (Wildman–Crippen LogP) is 3.44. The Balaban J connectivity index is 0.000000307. The SMILES string of the molecule is O=C(O)C(F)(F)F.c1cc(CN2CCc3c(nnn3CC3CC3)C2COCC2CC2)co1. The summed E-state index contributed by atoms with van der Waals surface area (Å²) in [4.78, 5) is 11.4. The highest BCUT2D eigenvalue weighted by Gasteiger charge is 2.38. The molecule has 0 spiro atoms. The maximum absolute atomic E-state index is 10.6. The van der Waals surface area contributed by atoms with Gasteiger partial charge in [-0.2, -0.15) is 13.2 Å². The molecule has 0 bridgehead atoms. The quantitative estimate of drug-likeness (QED) is 0.650. The molecule has 8 nitrogen and oxygen atoms in total. The van der Waals surface area contributed by atoms with Crippen molar-refractivity contribution in [2.45, 2.75) is 57.4 Å². The van der Waals surface area contributed by atoms with Gasteiger partial charge >= 0.3 is 12.1 Å². The normalized spacial score (nSPS) is 21.0. The van der Waals surface area contributed by atoms with Crippen molar-refractivity contribution in [2.24, 2.45) is 11.8 Å². The number of nitrogens with zero attached hydrogens (tertiary/aromatic N) is 4. The number of carboxylic acids is 1. The minimum Gasteiger partial charge on any atom is -0.475 e. The van der Waals surface area contributed by atoms with Gasteiger partial charge in [0.15, 0.2) is 0 Å². The molecule has 2 saturated carbocycles. The topological polar surface area (TPSA) is 93.6 Å². The van der Waals surface area contributed by atoms with Crippen LogP contribution in [0.25, 0.3) is 0 Å². The Morgan fingerprint density at radius 3 is 2.53 bits per heavy atom. The second-order valence-corrected chi connectivity index (χ2v) is 8.70. The molecular weight excluding hydrogens is 429 g/mol. The number of aromatic nitrogens is 3. The molecule has 32 heavy (non-hydrogen) atoms. The van der Waals surface area contributed by atoms with E-state index >= 15 is 0 Å². The molecule has 0 saturated heterocycles. The molecule has 2 aliphatic carbocycles. The molecule has 0 radical (unpaired) electrons. The molecule has 0 amide bonds. The second kappa shape index (κ2) is 9.62. The number of halogens is 3. The lowest BCUT2D eigenvalue weighted by Crippen LogP contribution is -2.38. The van der Waals surface area contributed by atoms with Crippen molar-refractivity contribution in [1.82, 2.24) is 19.9 Å². The van der Waals surface area contributed by atoms with Crippen LogP contribution in [0.3, 0.4) is 0 Å². The summed E-state index contributed by atoms with van der Waals surface area (Å²) in [5.41, 5.74) is 3.67. The smallest absolute Gasteiger partial charge is 0.475 e. The van der Waals surface area contributed by atoms with Gasteiger partial charge in [-0.15, -0.1) is 5.10 Å². The standard InChI is InChI=1S/C19H26N4O2.C2HF3O2/c1-2-14(1)10-23-17-5-7-22(9-16-6-8-24-12-16)18(19(17)20-21-23)13-25-11-15-3-4-15;3-2(4,5)1(6)7/h6,8,12,14-15,18H,1-5,7,9-11,13H2;(H,6,7). The van der Waals surface area contributed by atoms with E-state index in [-0.39, 0.29) is 6.04 Å². The first-order chi connectivity index (χ1) is 15.3. The summed E-state index contributed by atoms with van der Waals surface area (Å²) < 4.78 is 45.2. The van der Waals surface area contributed by atoms with Crippen LogP contribution in [0.15, 0.2) is 23.0 Å². The number of carbonyl (C=O) groups is 1. The van der Waals surface area contributed by atoms with Crippen LogP contribution in [0.1, 0.15) is 48.7 Å². The van der Waals surface area contributed by atoms with Gasteiger partial charge in [0, 0.05) is 38.2 Å². The Kier molecular flexibility index (Phi) is 6.85.